The van der Waals surface area contributed by atoms with Gasteiger partial charge in [-0.2, -0.15) is 0 Å². The number of amides is 1. The van der Waals surface area contributed by atoms with Gasteiger partial charge in [0, 0.05) is 63.0 Å². The number of piperazine rings is 1. The molecule has 0 aliphatic carbocycles. The van der Waals surface area contributed by atoms with Crippen LogP contribution in [0.25, 0.3) is 28.0 Å². The van der Waals surface area contributed by atoms with Crippen molar-refractivity contribution in [1.29, 1.82) is 0 Å². The average molecular weight is 484 g/mol. The summed E-state index contributed by atoms with van der Waals surface area (Å²) in [6.07, 6.45) is 2.62. The first-order valence-corrected chi connectivity index (χ1v) is 12.3. The molecule has 184 valence electrons. The second-order valence-corrected chi connectivity index (χ2v) is 9.24. The predicted molar refractivity (Wildman–Crippen MR) is 140 cm³/mol. The molecular formula is C28H29N5O3. The molecule has 0 bridgehead atoms. The molecule has 4 aromatic rings. The van der Waals surface area contributed by atoms with Crippen molar-refractivity contribution >= 4 is 17.2 Å². The molecule has 1 fully saturated rings. The van der Waals surface area contributed by atoms with E-state index in [0.29, 0.717) is 26.1 Å². The van der Waals surface area contributed by atoms with Crippen molar-refractivity contribution in [3.8, 4) is 22.4 Å². The van der Waals surface area contributed by atoms with Gasteiger partial charge in [0.1, 0.15) is 5.65 Å². The minimum absolute atomic E-state index is 0.0441. The van der Waals surface area contributed by atoms with E-state index in [4.69, 9.17) is 4.98 Å². The molecule has 1 aliphatic rings. The lowest BCUT2D eigenvalue weighted by atomic mass is 10.1. The SMILES string of the molecule is CCC(=O)N1CCN(Cc2c(-c3cccc([N+](=O)[O-])c3)nc3ccc(-c4cccc(C)c4)cn23)CC1. The van der Waals surface area contributed by atoms with Crippen LogP contribution in [-0.2, 0) is 11.3 Å². The van der Waals surface area contributed by atoms with Crippen molar-refractivity contribution in [2.45, 2.75) is 26.8 Å². The topological polar surface area (TPSA) is 84.0 Å². The summed E-state index contributed by atoms with van der Waals surface area (Å²) in [6, 6.07) is 19.1. The molecule has 2 aromatic heterocycles. The number of nitro groups is 1. The van der Waals surface area contributed by atoms with Crippen LogP contribution < -0.4 is 0 Å². The monoisotopic (exact) mass is 483 g/mol. The lowest BCUT2D eigenvalue weighted by molar-refractivity contribution is -0.384. The Balaban J connectivity index is 1.56. The Labute approximate surface area is 209 Å². The summed E-state index contributed by atoms with van der Waals surface area (Å²) in [5, 5.41) is 11.4. The predicted octanol–water partition coefficient (Wildman–Crippen LogP) is 4.94. The molecule has 36 heavy (non-hydrogen) atoms. The van der Waals surface area contributed by atoms with Crippen LogP contribution in [0.4, 0.5) is 5.69 Å². The lowest BCUT2D eigenvalue weighted by Gasteiger charge is -2.34. The van der Waals surface area contributed by atoms with Crippen molar-refractivity contribution in [2.75, 3.05) is 26.2 Å². The third-order valence-corrected chi connectivity index (χ3v) is 6.80. The number of imidazole rings is 1. The fourth-order valence-corrected chi connectivity index (χ4v) is 4.83. The van der Waals surface area contributed by atoms with Crippen LogP contribution in [0.2, 0.25) is 0 Å². The van der Waals surface area contributed by atoms with Crippen LogP contribution in [0.3, 0.4) is 0 Å². The van der Waals surface area contributed by atoms with Crippen LogP contribution >= 0.6 is 0 Å². The summed E-state index contributed by atoms with van der Waals surface area (Å²) in [4.78, 5) is 32.3. The maximum Gasteiger partial charge on any atom is 0.270 e. The van der Waals surface area contributed by atoms with Crippen LogP contribution in [0.5, 0.6) is 0 Å². The molecule has 0 spiro atoms. The standard InChI is InChI=1S/C28H29N5O3/c1-3-27(34)31-14-12-30(13-15-31)19-25-28(22-8-5-9-24(17-22)33(35)36)29-26-11-10-23(18-32(25)26)21-7-4-6-20(2)16-21/h4-11,16-18H,3,12-15,19H2,1-2H3. The first-order valence-electron chi connectivity index (χ1n) is 12.3. The van der Waals surface area contributed by atoms with Crippen molar-refractivity contribution in [3.05, 3.63) is 88.2 Å². The number of non-ortho nitro benzene ring substituents is 1. The Kier molecular flexibility index (Phi) is 6.52. The number of carbonyl (C=O) groups is 1. The fraction of sp³-hybridized carbons (Fsp3) is 0.286. The van der Waals surface area contributed by atoms with Crippen LogP contribution in [0.1, 0.15) is 24.6 Å². The van der Waals surface area contributed by atoms with Gasteiger partial charge in [-0.1, -0.05) is 48.9 Å². The maximum atomic E-state index is 12.1. The van der Waals surface area contributed by atoms with Gasteiger partial charge in [-0.25, -0.2) is 4.98 Å². The fourth-order valence-electron chi connectivity index (χ4n) is 4.83. The molecule has 0 radical (unpaired) electrons. The zero-order valence-corrected chi connectivity index (χ0v) is 20.6. The molecule has 8 nitrogen and oxygen atoms in total. The van der Waals surface area contributed by atoms with Gasteiger partial charge in [-0.3, -0.25) is 19.8 Å². The second-order valence-electron chi connectivity index (χ2n) is 9.24. The number of fused-ring (bicyclic) bond motifs is 1. The molecule has 0 saturated carbocycles. The molecule has 1 aliphatic heterocycles. The molecule has 8 heteroatoms. The summed E-state index contributed by atoms with van der Waals surface area (Å²) >= 11 is 0. The minimum atomic E-state index is -0.376. The number of hydrogen-bond donors (Lipinski definition) is 0. The van der Waals surface area contributed by atoms with Gasteiger partial charge < -0.3 is 9.30 Å². The van der Waals surface area contributed by atoms with Gasteiger partial charge in [0.15, 0.2) is 0 Å². The van der Waals surface area contributed by atoms with Crippen LogP contribution in [0.15, 0.2) is 66.9 Å². The van der Waals surface area contributed by atoms with E-state index < -0.39 is 0 Å². The highest BCUT2D eigenvalue weighted by molar-refractivity contribution is 5.76. The maximum absolute atomic E-state index is 12.1. The zero-order chi connectivity index (χ0) is 25.2. The van der Waals surface area contributed by atoms with E-state index in [2.05, 4.69) is 52.8 Å². The van der Waals surface area contributed by atoms with E-state index in [1.807, 2.05) is 24.0 Å². The van der Waals surface area contributed by atoms with Crippen molar-refractivity contribution < 1.29 is 9.72 Å². The number of carbonyl (C=O) groups excluding carboxylic acids is 1. The van der Waals surface area contributed by atoms with Crippen LogP contribution in [-0.4, -0.2) is 56.2 Å². The van der Waals surface area contributed by atoms with E-state index in [-0.39, 0.29) is 16.5 Å². The highest BCUT2D eigenvalue weighted by Gasteiger charge is 2.24. The minimum Gasteiger partial charge on any atom is -0.340 e. The number of aryl methyl sites for hydroxylation is 1. The van der Waals surface area contributed by atoms with E-state index >= 15 is 0 Å². The number of benzene rings is 2. The molecule has 0 atom stereocenters. The summed E-state index contributed by atoms with van der Waals surface area (Å²) in [5.41, 5.74) is 6.68. The molecule has 5 rings (SSSR count). The van der Waals surface area contributed by atoms with Gasteiger partial charge >= 0.3 is 0 Å². The normalized spacial score (nSPS) is 14.3. The Morgan fingerprint density at radius 1 is 0.972 bits per heavy atom. The summed E-state index contributed by atoms with van der Waals surface area (Å²) in [6.45, 7) is 7.53. The Morgan fingerprint density at radius 2 is 1.72 bits per heavy atom. The van der Waals surface area contributed by atoms with Gasteiger partial charge in [0.25, 0.3) is 5.69 Å². The smallest absolute Gasteiger partial charge is 0.270 e. The highest BCUT2D eigenvalue weighted by atomic mass is 16.6. The Hall–Kier alpha value is -4.04. The second kappa shape index (κ2) is 9.91. The third kappa shape index (κ3) is 4.72. The lowest BCUT2D eigenvalue weighted by Crippen LogP contribution is -2.48. The number of pyridine rings is 1. The van der Waals surface area contributed by atoms with Gasteiger partial charge in [0.2, 0.25) is 5.91 Å². The first kappa shape index (κ1) is 23.7. The number of nitro benzene ring substituents is 1. The number of aromatic nitrogens is 2. The van der Waals surface area contributed by atoms with Gasteiger partial charge in [-0.15, -0.1) is 0 Å². The Bertz CT molecular complexity index is 1440. The third-order valence-electron chi connectivity index (χ3n) is 6.80. The van der Waals surface area contributed by atoms with E-state index in [1.165, 1.54) is 11.6 Å². The van der Waals surface area contributed by atoms with Crippen molar-refractivity contribution in [1.82, 2.24) is 19.2 Å². The van der Waals surface area contributed by atoms with E-state index in [1.54, 1.807) is 12.1 Å². The molecule has 1 saturated heterocycles. The molecule has 3 heterocycles. The quantitative estimate of drug-likeness (QED) is 0.287. The number of nitrogens with zero attached hydrogens (tertiary/aromatic N) is 5. The Morgan fingerprint density at radius 3 is 2.44 bits per heavy atom. The summed E-state index contributed by atoms with van der Waals surface area (Å²) in [5.74, 6) is 0.185. The first-order chi connectivity index (χ1) is 17.4. The molecule has 1 amide bonds. The van der Waals surface area contributed by atoms with Gasteiger partial charge in [-0.05, 0) is 30.2 Å². The molecule has 0 unspecified atom stereocenters. The van der Waals surface area contributed by atoms with E-state index in [9.17, 15) is 14.9 Å². The van der Waals surface area contributed by atoms with Crippen molar-refractivity contribution in [2.24, 2.45) is 0 Å². The van der Waals surface area contributed by atoms with Crippen molar-refractivity contribution in [3.63, 3.8) is 0 Å². The largest absolute Gasteiger partial charge is 0.340 e. The molecule has 2 aromatic carbocycles. The molecule has 0 N–H and O–H groups in total. The summed E-state index contributed by atoms with van der Waals surface area (Å²) in [7, 11) is 0. The van der Waals surface area contributed by atoms with Crippen LogP contribution in [0, 0.1) is 17.0 Å². The van der Waals surface area contributed by atoms with Gasteiger partial charge in [0.05, 0.1) is 16.3 Å². The van der Waals surface area contributed by atoms with E-state index in [0.717, 1.165) is 46.8 Å². The number of rotatable bonds is 6. The highest BCUT2D eigenvalue weighted by Crippen LogP contribution is 2.30. The average Bonchev–Trinajstić information content (AvgIpc) is 3.26. The number of hydrogen-bond acceptors (Lipinski definition) is 5. The summed E-state index contributed by atoms with van der Waals surface area (Å²) < 4.78 is 2.11. The molecular weight excluding hydrogens is 454 g/mol. The zero-order valence-electron chi connectivity index (χ0n) is 20.6.